The molecule has 0 heterocycles. The minimum absolute atomic E-state index is 0.134. The van der Waals surface area contributed by atoms with Crippen LogP contribution in [0, 0.1) is 11.8 Å². The van der Waals surface area contributed by atoms with E-state index in [0.29, 0.717) is 5.92 Å². The summed E-state index contributed by atoms with van der Waals surface area (Å²) in [7, 11) is 2.11. The molecule has 0 amide bonds. The van der Waals surface area contributed by atoms with E-state index >= 15 is 0 Å². The lowest BCUT2D eigenvalue weighted by molar-refractivity contribution is 0.0338. The molecule has 0 bridgehead atoms. The number of aliphatic hydroxyl groups is 1. The highest BCUT2D eigenvalue weighted by Crippen LogP contribution is 2.30. The highest BCUT2D eigenvalue weighted by molar-refractivity contribution is 6.31. The Morgan fingerprint density at radius 3 is 2.79 bits per heavy atom. The number of nitrogens with zero attached hydrogens (tertiary/aromatic N) is 1. The molecule has 2 rings (SSSR count). The van der Waals surface area contributed by atoms with E-state index in [2.05, 4.69) is 24.9 Å². The molecule has 1 N–H and O–H groups in total. The molecule has 3 unspecified atom stereocenters. The van der Waals surface area contributed by atoms with Gasteiger partial charge in [0.1, 0.15) is 0 Å². The van der Waals surface area contributed by atoms with Gasteiger partial charge in [-0.3, -0.25) is 0 Å². The van der Waals surface area contributed by atoms with Crippen LogP contribution in [0.25, 0.3) is 0 Å². The molecule has 0 saturated heterocycles. The average Bonchev–Trinajstić information content (AvgIpc) is 2.37. The van der Waals surface area contributed by atoms with E-state index in [-0.39, 0.29) is 6.10 Å². The summed E-state index contributed by atoms with van der Waals surface area (Å²) in [6.45, 7) is 4.07. The first-order chi connectivity index (χ1) is 9.06. The Hall–Kier alpha value is -0.570. The summed E-state index contributed by atoms with van der Waals surface area (Å²) in [6.07, 6.45) is 3.11. The molecule has 1 saturated carbocycles. The highest BCUT2D eigenvalue weighted by Gasteiger charge is 2.27. The van der Waals surface area contributed by atoms with Gasteiger partial charge in [0, 0.05) is 18.1 Å². The topological polar surface area (TPSA) is 23.5 Å². The van der Waals surface area contributed by atoms with Crippen molar-refractivity contribution in [3.63, 3.8) is 0 Å². The van der Waals surface area contributed by atoms with Gasteiger partial charge in [-0.25, -0.2) is 0 Å². The Labute approximate surface area is 121 Å². The second kappa shape index (κ2) is 6.74. The molecule has 0 radical (unpaired) electrons. The van der Waals surface area contributed by atoms with Crippen LogP contribution in [0.2, 0.25) is 5.02 Å². The molecule has 1 aromatic carbocycles. The van der Waals surface area contributed by atoms with Crippen molar-refractivity contribution in [1.29, 1.82) is 0 Å². The lowest BCUT2D eigenvalue weighted by Crippen LogP contribution is -2.36. The largest absolute Gasteiger partial charge is 0.393 e. The SMILES string of the molecule is CC1CCC(O)C(CN(C)Cc2ccccc2Cl)C1. The van der Waals surface area contributed by atoms with Gasteiger partial charge in [-0.05, 0) is 49.8 Å². The first-order valence-electron chi connectivity index (χ1n) is 7.16. The van der Waals surface area contributed by atoms with Crippen LogP contribution in [0.15, 0.2) is 24.3 Å². The van der Waals surface area contributed by atoms with Crippen LogP contribution in [0.3, 0.4) is 0 Å². The van der Waals surface area contributed by atoms with E-state index in [0.717, 1.165) is 48.9 Å². The molecule has 1 aliphatic carbocycles. The third-order valence-electron chi connectivity index (χ3n) is 4.15. The number of halogens is 1. The molecule has 1 aliphatic rings. The lowest BCUT2D eigenvalue weighted by atomic mass is 9.80. The van der Waals surface area contributed by atoms with Crippen LogP contribution >= 0.6 is 11.6 Å². The van der Waals surface area contributed by atoms with Crippen LogP contribution < -0.4 is 0 Å². The van der Waals surface area contributed by atoms with Crippen LogP contribution in [-0.2, 0) is 6.54 Å². The Morgan fingerprint density at radius 1 is 1.32 bits per heavy atom. The molecule has 106 valence electrons. The number of hydrogen-bond donors (Lipinski definition) is 1. The molecule has 0 aliphatic heterocycles. The van der Waals surface area contributed by atoms with Gasteiger partial charge >= 0.3 is 0 Å². The maximum Gasteiger partial charge on any atom is 0.0580 e. The van der Waals surface area contributed by atoms with Gasteiger partial charge in [0.2, 0.25) is 0 Å². The van der Waals surface area contributed by atoms with Crippen molar-refractivity contribution in [2.45, 2.75) is 38.8 Å². The molecule has 1 fully saturated rings. The highest BCUT2D eigenvalue weighted by atomic mass is 35.5. The molecule has 3 atom stereocenters. The van der Waals surface area contributed by atoms with Crippen molar-refractivity contribution in [3.8, 4) is 0 Å². The third-order valence-corrected chi connectivity index (χ3v) is 4.52. The number of hydrogen-bond acceptors (Lipinski definition) is 2. The molecular weight excluding hydrogens is 258 g/mol. The third kappa shape index (κ3) is 4.20. The van der Waals surface area contributed by atoms with Crippen molar-refractivity contribution in [3.05, 3.63) is 34.9 Å². The fourth-order valence-corrected chi connectivity index (χ4v) is 3.26. The Balaban J connectivity index is 1.90. The molecule has 0 aromatic heterocycles. The van der Waals surface area contributed by atoms with Crippen LogP contribution in [0.5, 0.6) is 0 Å². The average molecular weight is 282 g/mol. The summed E-state index contributed by atoms with van der Waals surface area (Å²) in [5, 5.41) is 10.9. The quantitative estimate of drug-likeness (QED) is 0.912. The maximum absolute atomic E-state index is 10.1. The van der Waals surface area contributed by atoms with E-state index in [1.807, 2.05) is 18.2 Å². The van der Waals surface area contributed by atoms with Gasteiger partial charge in [0.05, 0.1) is 6.10 Å². The predicted octanol–water partition coefficient (Wildman–Crippen LogP) is 3.57. The van der Waals surface area contributed by atoms with Gasteiger partial charge in [0.15, 0.2) is 0 Å². The Morgan fingerprint density at radius 2 is 2.05 bits per heavy atom. The Bertz CT molecular complexity index is 409. The molecule has 19 heavy (non-hydrogen) atoms. The van der Waals surface area contributed by atoms with E-state index < -0.39 is 0 Å². The molecule has 2 nitrogen and oxygen atoms in total. The first kappa shape index (κ1) is 14.8. The second-order valence-electron chi connectivity index (χ2n) is 6.03. The van der Waals surface area contributed by atoms with Gasteiger partial charge in [-0.2, -0.15) is 0 Å². The van der Waals surface area contributed by atoms with Crippen molar-refractivity contribution in [1.82, 2.24) is 4.90 Å². The smallest absolute Gasteiger partial charge is 0.0580 e. The molecule has 3 heteroatoms. The summed E-state index contributed by atoms with van der Waals surface area (Å²) in [5.41, 5.74) is 1.16. The lowest BCUT2D eigenvalue weighted by Gasteiger charge is -2.34. The first-order valence-corrected chi connectivity index (χ1v) is 7.54. The van der Waals surface area contributed by atoms with Crippen molar-refractivity contribution < 1.29 is 5.11 Å². The van der Waals surface area contributed by atoms with E-state index in [1.54, 1.807) is 0 Å². The fourth-order valence-electron chi connectivity index (χ4n) is 3.06. The van der Waals surface area contributed by atoms with Gasteiger partial charge in [-0.15, -0.1) is 0 Å². The van der Waals surface area contributed by atoms with E-state index in [1.165, 1.54) is 0 Å². The Kier molecular flexibility index (Phi) is 5.26. The van der Waals surface area contributed by atoms with Gasteiger partial charge < -0.3 is 10.0 Å². The minimum Gasteiger partial charge on any atom is -0.393 e. The second-order valence-corrected chi connectivity index (χ2v) is 6.44. The van der Waals surface area contributed by atoms with Crippen molar-refractivity contribution >= 4 is 11.6 Å². The van der Waals surface area contributed by atoms with Crippen LogP contribution in [0.4, 0.5) is 0 Å². The standard InChI is InChI=1S/C16H24ClNO/c1-12-7-8-16(19)14(9-12)11-18(2)10-13-5-3-4-6-15(13)17/h3-6,12,14,16,19H,7-11H2,1-2H3. The summed E-state index contributed by atoms with van der Waals surface area (Å²) in [6, 6.07) is 7.98. The summed E-state index contributed by atoms with van der Waals surface area (Å²) < 4.78 is 0. The normalized spacial score (nSPS) is 27.7. The molecule has 0 spiro atoms. The zero-order chi connectivity index (χ0) is 13.8. The zero-order valence-electron chi connectivity index (χ0n) is 11.8. The number of aliphatic hydroxyl groups excluding tert-OH is 1. The van der Waals surface area contributed by atoms with Crippen LogP contribution in [0.1, 0.15) is 31.7 Å². The molecular formula is C16H24ClNO. The zero-order valence-corrected chi connectivity index (χ0v) is 12.6. The van der Waals surface area contributed by atoms with E-state index in [9.17, 15) is 5.11 Å². The maximum atomic E-state index is 10.1. The predicted molar refractivity (Wildman–Crippen MR) is 80.3 cm³/mol. The minimum atomic E-state index is -0.134. The summed E-state index contributed by atoms with van der Waals surface area (Å²) >= 11 is 6.19. The summed E-state index contributed by atoms with van der Waals surface area (Å²) in [5.74, 6) is 1.14. The van der Waals surface area contributed by atoms with Crippen molar-refractivity contribution in [2.75, 3.05) is 13.6 Å². The van der Waals surface area contributed by atoms with Crippen molar-refractivity contribution in [2.24, 2.45) is 11.8 Å². The fraction of sp³-hybridized carbons (Fsp3) is 0.625. The van der Waals surface area contributed by atoms with E-state index in [4.69, 9.17) is 11.6 Å². The molecule has 1 aromatic rings. The summed E-state index contributed by atoms with van der Waals surface area (Å²) in [4.78, 5) is 2.27. The van der Waals surface area contributed by atoms with Gasteiger partial charge in [-0.1, -0.05) is 36.7 Å². The monoisotopic (exact) mass is 281 g/mol. The van der Waals surface area contributed by atoms with Gasteiger partial charge in [0.25, 0.3) is 0 Å². The number of benzene rings is 1. The number of rotatable bonds is 4. The van der Waals surface area contributed by atoms with Crippen LogP contribution in [-0.4, -0.2) is 29.7 Å².